The number of carbonyl (C=O) groups excluding carboxylic acids is 1. The van der Waals surface area contributed by atoms with E-state index < -0.39 is 0 Å². The van der Waals surface area contributed by atoms with E-state index in [1.165, 1.54) is 16.9 Å². The number of hydrogen-bond donors (Lipinski definition) is 0. The van der Waals surface area contributed by atoms with Gasteiger partial charge in [-0.25, -0.2) is 9.67 Å². The maximum atomic E-state index is 12.6. The first kappa shape index (κ1) is 18.5. The van der Waals surface area contributed by atoms with Crippen molar-refractivity contribution < 1.29 is 4.79 Å². The fourth-order valence-electron chi connectivity index (χ4n) is 4.36. The topological polar surface area (TPSA) is 84.2 Å². The van der Waals surface area contributed by atoms with Gasteiger partial charge in [0.05, 0.1) is 18.1 Å². The van der Waals surface area contributed by atoms with Crippen LogP contribution in [0.1, 0.15) is 0 Å². The third-order valence-corrected chi connectivity index (χ3v) is 5.94. The average Bonchev–Trinajstić information content (AvgIpc) is 3.36. The van der Waals surface area contributed by atoms with Crippen molar-refractivity contribution in [3.05, 3.63) is 71.4 Å². The Morgan fingerprint density at radius 3 is 2.37 bits per heavy atom. The van der Waals surface area contributed by atoms with Crippen molar-refractivity contribution >= 4 is 11.7 Å². The SMILES string of the molecule is O=C(Cn1ncccc1=O)N1CC2CN(c3cnc(-c4ccccc4)cn3)CC2C1. The second-order valence-corrected chi connectivity index (χ2v) is 7.87. The number of likely N-dealkylation sites (tertiary alicyclic amines) is 1. The fourth-order valence-corrected chi connectivity index (χ4v) is 4.36. The van der Waals surface area contributed by atoms with Gasteiger partial charge in [0.25, 0.3) is 5.56 Å². The molecule has 4 heterocycles. The normalized spacial score (nSPS) is 20.4. The van der Waals surface area contributed by atoms with Crippen LogP contribution in [-0.4, -0.2) is 56.7 Å². The maximum absolute atomic E-state index is 12.6. The van der Waals surface area contributed by atoms with Gasteiger partial charge in [0.2, 0.25) is 5.91 Å². The van der Waals surface area contributed by atoms with Gasteiger partial charge in [0.15, 0.2) is 0 Å². The van der Waals surface area contributed by atoms with Crippen LogP contribution in [0, 0.1) is 11.8 Å². The fraction of sp³-hybridized carbons (Fsp3) is 0.318. The average molecular weight is 402 g/mol. The molecule has 2 aliphatic rings. The number of aromatic nitrogens is 4. The molecule has 152 valence electrons. The number of fused-ring (bicyclic) bond motifs is 1. The van der Waals surface area contributed by atoms with Gasteiger partial charge in [0, 0.05) is 55.8 Å². The summed E-state index contributed by atoms with van der Waals surface area (Å²) in [6, 6.07) is 13.0. The van der Waals surface area contributed by atoms with Gasteiger partial charge in [-0.15, -0.1) is 0 Å². The Balaban J connectivity index is 1.20. The van der Waals surface area contributed by atoms with Crippen LogP contribution in [0.3, 0.4) is 0 Å². The molecule has 0 spiro atoms. The van der Waals surface area contributed by atoms with E-state index in [0.717, 1.165) is 30.2 Å². The Bertz CT molecular complexity index is 1080. The van der Waals surface area contributed by atoms with Crippen molar-refractivity contribution in [3.8, 4) is 11.3 Å². The van der Waals surface area contributed by atoms with Crippen molar-refractivity contribution in [1.82, 2.24) is 24.6 Å². The third kappa shape index (κ3) is 3.56. The highest BCUT2D eigenvalue weighted by Crippen LogP contribution is 2.33. The number of carbonyl (C=O) groups is 1. The van der Waals surface area contributed by atoms with Crippen LogP contribution in [0.5, 0.6) is 0 Å². The van der Waals surface area contributed by atoms with Crippen molar-refractivity contribution in [2.45, 2.75) is 6.54 Å². The summed E-state index contributed by atoms with van der Waals surface area (Å²) in [5.41, 5.74) is 1.66. The van der Waals surface area contributed by atoms with E-state index in [1.54, 1.807) is 6.07 Å². The molecular weight excluding hydrogens is 380 g/mol. The van der Waals surface area contributed by atoms with Crippen LogP contribution in [-0.2, 0) is 11.3 Å². The monoisotopic (exact) mass is 402 g/mol. The molecule has 0 aliphatic carbocycles. The molecule has 2 aliphatic heterocycles. The lowest BCUT2D eigenvalue weighted by atomic mass is 10.0. The van der Waals surface area contributed by atoms with E-state index in [1.807, 2.05) is 47.6 Å². The Morgan fingerprint density at radius 1 is 0.933 bits per heavy atom. The van der Waals surface area contributed by atoms with E-state index in [9.17, 15) is 9.59 Å². The number of benzene rings is 1. The molecule has 5 rings (SSSR count). The molecule has 30 heavy (non-hydrogen) atoms. The van der Waals surface area contributed by atoms with Gasteiger partial charge in [-0.3, -0.25) is 14.6 Å². The molecule has 1 aromatic carbocycles. The first-order chi connectivity index (χ1) is 14.7. The summed E-state index contributed by atoms with van der Waals surface area (Å²) in [5, 5.41) is 3.98. The zero-order chi connectivity index (χ0) is 20.5. The second-order valence-electron chi connectivity index (χ2n) is 7.87. The molecule has 0 saturated carbocycles. The molecule has 3 aromatic rings. The molecule has 2 fully saturated rings. The number of nitrogens with zero attached hydrogens (tertiary/aromatic N) is 6. The highest BCUT2D eigenvalue weighted by molar-refractivity contribution is 5.76. The lowest BCUT2D eigenvalue weighted by Crippen LogP contribution is -2.38. The van der Waals surface area contributed by atoms with Gasteiger partial charge < -0.3 is 9.80 Å². The maximum Gasteiger partial charge on any atom is 0.267 e. The van der Waals surface area contributed by atoms with Crippen molar-refractivity contribution in [1.29, 1.82) is 0 Å². The van der Waals surface area contributed by atoms with E-state index in [0.29, 0.717) is 24.9 Å². The molecule has 0 bridgehead atoms. The number of anilines is 1. The Morgan fingerprint density at radius 2 is 1.70 bits per heavy atom. The van der Waals surface area contributed by atoms with Crippen LogP contribution in [0.25, 0.3) is 11.3 Å². The Hall–Kier alpha value is -3.55. The van der Waals surface area contributed by atoms with Crippen molar-refractivity contribution in [2.75, 3.05) is 31.1 Å². The van der Waals surface area contributed by atoms with Gasteiger partial charge in [-0.1, -0.05) is 30.3 Å². The highest BCUT2D eigenvalue weighted by atomic mass is 16.2. The summed E-state index contributed by atoms with van der Waals surface area (Å²) >= 11 is 0. The molecule has 2 aromatic heterocycles. The second kappa shape index (κ2) is 7.70. The largest absolute Gasteiger partial charge is 0.355 e. The molecule has 2 unspecified atom stereocenters. The van der Waals surface area contributed by atoms with Gasteiger partial charge in [-0.05, 0) is 6.07 Å². The highest BCUT2D eigenvalue weighted by Gasteiger charge is 2.42. The lowest BCUT2D eigenvalue weighted by Gasteiger charge is -2.22. The van der Waals surface area contributed by atoms with Crippen LogP contribution >= 0.6 is 0 Å². The standard InChI is InChI=1S/C22H22N6O2/c29-21-7-4-8-25-28(21)15-22(30)27-13-17-11-26(12-18(17)14-27)20-10-23-19(9-24-20)16-5-2-1-3-6-16/h1-10,17-18H,11-15H2. The minimum Gasteiger partial charge on any atom is -0.355 e. The van der Waals surface area contributed by atoms with Crippen molar-refractivity contribution in [2.24, 2.45) is 11.8 Å². The van der Waals surface area contributed by atoms with Gasteiger partial charge in [0.1, 0.15) is 12.4 Å². The summed E-state index contributed by atoms with van der Waals surface area (Å²) in [5.74, 6) is 1.64. The summed E-state index contributed by atoms with van der Waals surface area (Å²) in [6.45, 7) is 3.12. The molecule has 8 heteroatoms. The van der Waals surface area contributed by atoms with E-state index in [4.69, 9.17) is 0 Å². The minimum absolute atomic E-state index is 0.00471. The predicted octanol–water partition coefficient (Wildman–Crippen LogP) is 1.30. The summed E-state index contributed by atoms with van der Waals surface area (Å²) in [6.07, 6.45) is 5.17. The number of amides is 1. The quantitative estimate of drug-likeness (QED) is 0.654. The first-order valence-corrected chi connectivity index (χ1v) is 10.1. The number of rotatable bonds is 4. The predicted molar refractivity (Wildman–Crippen MR) is 112 cm³/mol. The molecule has 2 saturated heterocycles. The van der Waals surface area contributed by atoms with E-state index in [-0.39, 0.29) is 18.0 Å². The zero-order valence-corrected chi connectivity index (χ0v) is 16.5. The van der Waals surface area contributed by atoms with E-state index in [2.05, 4.69) is 20.0 Å². The Kier molecular flexibility index (Phi) is 4.74. The molecular formula is C22H22N6O2. The molecule has 2 atom stereocenters. The summed E-state index contributed by atoms with van der Waals surface area (Å²) < 4.78 is 1.21. The lowest BCUT2D eigenvalue weighted by molar-refractivity contribution is -0.131. The van der Waals surface area contributed by atoms with Gasteiger partial charge >= 0.3 is 0 Å². The zero-order valence-electron chi connectivity index (χ0n) is 16.5. The van der Waals surface area contributed by atoms with Crippen LogP contribution in [0.15, 0.2) is 65.8 Å². The molecule has 0 radical (unpaired) electrons. The molecule has 1 amide bonds. The number of hydrogen-bond acceptors (Lipinski definition) is 6. The van der Waals surface area contributed by atoms with E-state index >= 15 is 0 Å². The Labute approximate surface area is 173 Å². The van der Waals surface area contributed by atoms with Crippen LogP contribution in [0.2, 0.25) is 0 Å². The first-order valence-electron chi connectivity index (χ1n) is 10.1. The summed E-state index contributed by atoms with van der Waals surface area (Å²) in [4.78, 5) is 37.7. The van der Waals surface area contributed by atoms with Crippen molar-refractivity contribution in [3.63, 3.8) is 0 Å². The minimum atomic E-state index is -0.256. The van der Waals surface area contributed by atoms with Crippen LogP contribution in [0.4, 0.5) is 5.82 Å². The van der Waals surface area contributed by atoms with Gasteiger partial charge in [-0.2, -0.15) is 5.10 Å². The van der Waals surface area contributed by atoms with Crippen LogP contribution < -0.4 is 10.5 Å². The third-order valence-electron chi connectivity index (χ3n) is 5.94. The summed E-state index contributed by atoms with van der Waals surface area (Å²) in [7, 11) is 0. The molecule has 0 N–H and O–H groups in total. The smallest absolute Gasteiger partial charge is 0.267 e. The molecule has 8 nitrogen and oxygen atoms in total.